The van der Waals surface area contributed by atoms with E-state index in [0.29, 0.717) is 6.54 Å². The van der Waals surface area contributed by atoms with Crippen LogP contribution in [0.5, 0.6) is 0 Å². The zero-order valence-corrected chi connectivity index (χ0v) is 14.4. The summed E-state index contributed by atoms with van der Waals surface area (Å²) in [6.45, 7) is 8.33. The number of aromatic nitrogens is 2. The van der Waals surface area contributed by atoms with Gasteiger partial charge in [0, 0.05) is 19.4 Å². The van der Waals surface area contributed by atoms with Crippen molar-refractivity contribution in [1.82, 2.24) is 9.97 Å². The van der Waals surface area contributed by atoms with Gasteiger partial charge in [0.05, 0.1) is 17.9 Å². The van der Waals surface area contributed by atoms with Gasteiger partial charge in [-0.3, -0.25) is 9.97 Å². The summed E-state index contributed by atoms with van der Waals surface area (Å²) in [5.74, 6) is 0. The molecule has 23 heavy (non-hydrogen) atoms. The van der Waals surface area contributed by atoms with Crippen LogP contribution in [0, 0.1) is 6.92 Å². The average molecular weight is 310 g/mol. The summed E-state index contributed by atoms with van der Waals surface area (Å²) in [5.41, 5.74) is 4.37. The largest absolute Gasteiger partial charge is 0.254 e. The van der Waals surface area contributed by atoms with Crippen molar-refractivity contribution in [1.29, 1.82) is 0 Å². The highest BCUT2D eigenvalue weighted by Crippen LogP contribution is 2.15. The van der Waals surface area contributed by atoms with E-state index in [0.717, 1.165) is 17.8 Å². The zero-order valence-electron chi connectivity index (χ0n) is 14.4. The number of unbranched alkanes of at least 4 members (excludes halogenated alkanes) is 1. The van der Waals surface area contributed by atoms with E-state index < -0.39 is 0 Å². The summed E-state index contributed by atoms with van der Waals surface area (Å²) >= 11 is 0. The standard InChI is InChI=1S/C15H18N2.C4H8N2/c1-3-4-5-13-7-9-15(17-11-13)14-8-6-12(2)10-16-14;1-3-4-6-5-2/h6-11H,3-5H2,1-2H3;3H,1,4H2,2H3. The number of hydrogen-bond acceptors (Lipinski definition) is 4. The van der Waals surface area contributed by atoms with E-state index in [1.54, 1.807) is 13.1 Å². The highest BCUT2D eigenvalue weighted by Gasteiger charge is 2.00. The van der Waals surface area contributed by atoms with Crippen LogP contribution in [0.4, 0.5) is 0 Å². The molecule has 0 aliphatic rings. The fraction of sp³-hybridized carbons (Fsp3) is 0.368. The first kappa shape index (κ1) is 18.7. The average Bonchev–Trinajstić information content (AvgIpc) is 2.60. The quantitative estimate of drug-likeness (QED) is 0.554. The lowest BCUT2D eigenvalue weighted by Gasteiger charge is -2.03. The normalized spacial score (nSPS) is 10.2. The minimum atomic E-state index is 0.635. The van der Waals surface area contributed by atoms with Crippen molar-refractivity contribution in [2.75, 3.05) is 13.6 Å². The lowest BCUT2D eigenvalue weighted by molar-refractivity contribution is 0.792. The van der Waals surface area contributed by atoms with E-state index in [1.807, 2.05) is 25.4 Å². The molecule has 0 unspecified atom stereocenters. The Hall–Kier alpha value is -2.36. The van der Waals surface area contributed by atoms with Gasteiger partial charge in [-0.1, -0.05) is 31.6 Å². The SMILES string of the molecule is C=CCN=NC.CCCCc1ccc(-c2ccc(C)cn2)nc1. The molecule has 0 amide bonds. The fourth-order valence-corrected chi connectivity index (χ4v) is 1.86. The Morgan fingerprint density at radius 3 is 2.22 bits per heavy atom. The fourth-order valence-electron chi connectivity index (χ4n) is 1.86. The van der Waals surface area contributed by atoms with Crippen LogP contribution >= 0.6 is 0 Å². The second-order valence-corrected chi connectivity index (χ2v) is 5.19. The molecule has 0 aliphatic carbocycles. The maximum absolute atomic E-state index is 4.47. The van der Waals surface area contributed by atoms with Gasteiger partial charge in [0.2, 0.25) is 0 Å². The first-order valence-electron chi connectivity index (χ1n) is 7.95. The predicted octanol–water partition coefficient (Wildman–Crippen LogP) is 5.05. The first-order chi connectivity index (χ1) is 11.2. The molecule has 2 heterocycles. The van der Waals surface area contributed by atoms with Crippen molar-refractivity contribution in [2.24, 2.45) is 10.2 Å². The number of rotatable bonds is 6. The molecule has 4 nitrogen and oxygen atoms in total. The number of nitrogens with zero attached hydrogens (tertiary/aromatic N) is 4. The third kappa shape index (κ3) is 7.45. The van der Waals surface area contributed by atoms with Crippen molar-refractivity contribution >= 4 is 0 Å². The Morgan fingerprint density at radius 2 is 1.78 bits per heavy atom. The van der Waals surface area contributed by atoms with Crippen molar-refractivity contribution in [3.63, 3.8) is 0 Å². The van der Waals surface area contributed by atoms with Crippen LogP contribution in [0.3, 0.4) is 0 Å². The van der Waals surface area contributed by atoms with Crippen LogP contribution in [0.1, 0.15) is 30.9 Å². The highest BCUT2D eigenvalue weighted by atomic mass is 15.1. The first-order valence-corrected chi connectivity index (χ1v) is 7.95. The van der Waals surface area contributed by atoms with Crippen molar-refractivity contribution in [2.45, 2.75) is 33.1 Å². The van der Waals surface area contributed by atoms with E-state index >= 15 is 0 Å². The van der Waals surface area contributed by atoms with Crippen molar-refractivity contribution in [3.8, 4) is 11.4 Å². The summed E-state index contributed by atoms with van der Waals surface area (Å²) in [6.07, 6.45) is 9.11. The Labute approximate surface area is 139 Å². The van der Waals surface area contributed by atoms with Gasteiger partial charge < -0.3 is 0 Å². The maximum atomic E-state index is 4.47. The molecule has 2 aromatic heterocycles. The molecule has 0 saturated heterocycles. The molecule has 2 aromatic rings. The van der Waals surface area contributed by atoms with Crippen LogP contribution in [-0.4, -0.2) is 23.6 Å². The van der Waals surface area contributed by atoms with Crippen LogP contribution in [0.2, 0.25) is 0 Å². The molecule has 2 rings (SSSR count). The third-order valence-electron chi connectivity index (χ3n) is 3.17. The van der Waals surface area contributed by atoms with Gasteiger partial charge >= 0.3 is 0 Å². The van der Waals surface area contributed by atoms with E-state index in [4.69, 9.17) is 0 Å². The minimum Gasteiger partial charge on any atom is -0.254 e. The Balaban J connectivity index is 0.000000379. The Kier molecular flexibility index (Phi) is 9.13. The molecule has 0 N–H and O–H groups in total. The molecule has 0 bridgehead atoms. The van der Waals surface area contributed by atoms with Gasteiger partial charge in [0.25, 0.3) is 0 Å². The number of aryl methyl sites for hydroxylation is 2. The summed E-state index contributed by atoms with van der Waals surface area (Å²) in [6, 6.07) is 8.29. The van der Waals surface area contributed by atoms with Crippen LogP contribution in [0.25, 0.3) is 11.4 Å². The van der Waals surface area contributed by atoms with Gasteiger partial charge in [0.1, 0.15) is 0 Å². The summed E-state index contributed by atoms with van der Waals surface area (Å²) in [7, 11) is 1.64. The molecule has 0 aliphatic heterocycles. The molecule has 122 valence electrons. The monoisotopic (exact) mass is 310 g/mol. The second-order valence-electron chi connectivity index (χ2n) is 5.19. The molecular weight excluding hydrogens is 284 g/mol. The summed E-state index contributed by atoms with van der Waals surface area (Å²) in [4.78, 5) is 8.85. The molecule has 0 fully saturated rings. The van der Waals surface area contributed by atoms with Gasteiger partial charge in [-0.2, -0.15) is 10.2 Å². The van der Waals surface area contributed by atoms with Gasteiger partial charge in [0.15, 0.2) is 0 Å². The topological polar surface area (TPSA) is 50.5 Å². The van der Waals surface area contributed by atoms with Gasteiger partial charge in [-0.25, -0.2) is 0 Å². The second kappa shape index (κ2) is 11.2. The Bertz CT molecular complexity index is 586. The van der Waals surface area contributed by atoms with E-state index in [2.05, 4.69) is 51.9 Å². The molecule has 0 radical (unpaired) electrons. The van der Waals surface area contributed by atoms with Crippen LogP contribution < -0.4 is 0 Å². The lowest BCUT2D eigenvalue weighted by Crippen LogP contribution is -1.90. The number of azo groups is 1. The molecular formula is C19H26N4. The van der Waals surface area contributed by atoms with Gasteiger partial charge in [-0.15, -0.1) is 6.58 Å². The van der Waals surface area contributed by atoms with Crippen LogP contribution in [-0.2, 0) is 6.42 Å². The maximum Gasteiger partial charge on any atom is 0.0886 e. The highest BCUT2D eigenvalue weighted by molar-refractivity contribution is 5.53. The Morgan fingerprint density at radius 1 is 1.09 bits per heavy atom. The minimum absolute atomic E-state index is 0.635. The van der Waals surface area contributed by atoms with E-state index in [-0.39, 0.29) is 0 Å². The smallest absolute Gasteiger partial charge is 0.0886 e. The summed E-state index contributed by atoms with van der Waals surface area (Å²) in [5, 5.41) is 7.08. The predicted molar refractivity (Wildman–Crippen MR) is 96.7 cm³/mol. The van der Waals surface area contributed by atoms with Gasteiger partial charge in [-0.05, 0) is 43.0 Å². The zero-order chi connectivity index (χ0) is 16.9. The van der Waals surface area contributed by atoms with Crippen molar-refractivity contribution < 1.29 is 0 Å². The molecule has 0 saturated carbocycles. The van der Waals surface area contributed by atoms with Crippen molar-refractivity contribution in [3.05, 3.63) is 60.4 Å². The third-order valence-corrected chi connectivity index (χ3v) is 3.17. The van der Waals surface area contributed by atoms with Crippen LogP contribution in [0.15, 0.2) is 59.5 Å². The van der Waals surface area contributed by atoms with E-state index in [1.165, 1.54) is 24.0 Å². The molecule has 0 spiro atoms. The molecule has 0 aromatic carbocycles. The number of pyridine rings is 2. The number of hydrogen-bond donors (Lipinski definition) is 0. The molecule has 4 heteroatoms. The summed E-state index contributed by atoms with van der Waals surface area (Å²) < 4.78 is 0. The molecule has 0 atom stereocenters. The van der Waals surface area contributed by atoms with E-state index in [9.17, 15) is 0 Å². The lowest BCUT2D eigenvalue weighted by atomic mass is 10.1.